The number of halogens is 6. The molecule has 4 nitrogen and oxygen atoms in total. The lowest BCUT2D eigenvalue weighted by Gasteiger charge is -2.41. The van der Waals surface area contributed by atoms with Gasteiger partial charge in [-0.15, -0.1) is 0 Å². The largest absolute Gasteiger partial charge is 0.416 e. The summed E-state index contributed by atoms with van der Waals surface area (Å²) in [6.45, 7) is 8.38. The highest BCUT2D eigenvalue weighted by Gasteiger charge is 2.37. The number of aryl methyl sites for hydroxylation is 1. The van der Waals surface area contributed by atoms with Gasteiger partial charge in [0.1, 0.15) is 0 Å². The zero-order chi connectivity index (χ0) is 31.6. The Kier molecular flexibility index (Phi) is 12.9. The number of hydrogen-bond donors (Lipinski definition) is 0. The van der Waals surface area contributed by atoms with Gasteiger partial charge < -0.3 is 9.80 Å². The molecule has 1 aliphatic heterocycles. The number of carbonyl (C=O) groups is 1. The van der Waals surface area contributed by atoms with Gasteiger partial charge in [-0.05, 0) is 81.7 Å². The van der Waals surface area contributed by atoms with Gasteiger partial charge in [-0.2, -0.15) is 26.3 Å². The number of alkyl halides is 6. The molecule has 2 aromatic carbocycles. The molecule has 0 spiro atoms. The molecule has 240 valence electrons. The van der Waals surface area contributed by atoms with Crippen LogP contribution in [0, 0.1) is 12.8 Å². The van der Waals surface area contributed by atoms with Crippen molar-refractivity contribution in [1.82, 2.24) is 14.7 Å². The molecule has 1 aliphatic carbocycles. The molecular weight excluding hydrogens is 568 g/mol. The Morgan fingerprint density at radius 3 is 1.91 bits per heavy atom. The van der Waals surface area contributed by atoms with E-state index in [2.05, 4.69) is 35.8 Å². The molecule has 2 aromatic rings. The van der Waals surface area contributed by atoms with Crippen molar-refractivity contribution in [3.05, 3.63) is 70.8 Å². The smallest absolute Gasteiger partial charge is 0.344 e. The van der Waals surface area contributed by atoms with Gasteiger partial charge in [0.2, 0.25) is 5.91 Å². The van der Waals surface area contributed by atoms with Crippen LogP contribution in [0.25, 0.3) is 0 Å². The van der Waals surface area contributed by atoms with Gasteiger partial charge in [-0.3, -0.25) is 9.69 Å². The average Bonchev–Trinajstić information content (AvgIpc) is 2.93. The summed E-state index contributed by atoms with van der Waals surface area (Å²) in [7, 11) is 1.54. The van der Waals surface area contributed by atoms with Crippen LogP contribution < -0.4 is 0 Å². The molecule has 43 heavy (non-hydrogen) atoms. The lowest BCUT2D eigenvalue weighted by atomic mass is 9.84. The van der Waals surface area contributed by atoms with Crippen molar-refractivity contribution in [3.8, 4) is 0 Å². The van der Waals surface area contributed by atoms with Crippen molar-refractivity contribution in [2.75, 3.05) is 46.3 Å². The number of carbonyl (C=O) groups excluding carboxylic acids is 1. The van der Waals surface area contributed by atoms with Crippen molar-refractivity contribution in [2.45, 2.75) is 77.2 Å². The van der Waals surface area contributed by atoms with Crippen molar-refractivity contribution < 1.29 is 31.1 Å². The van der Waals surface area contributed by atoms with Crippen LogP contribution in [0.2, 0.25) is 0 Å². The zero-order valence-electron chi connectivity index (χ0n) is 25.5. The van der Waals surface area contributed by atoms with Crippen LogP contribution in [-0.4, -0.2) is 73.0 Å². The third-order valence-electron chi connectivity index (χ3n) is 8.41. The van der Waals surface area contributed by atoms with E-state index < -0.39 is 23.5 Å². The average molecular weight is 614 g/mol. The highest BCUT2D eigenvalue weighted by atomic mass is 19.4. The molecule has 1 saturated heterocycles. The number of amides is 1. The van der Waals surface area contributed by atoms with Gasteiger partial charge in [0.05, 0.1) is 17.7 Å². The normalized spacial score (nSPS) is 16.9. The van der Waals surface area contributed by atoms with E-state index in [1.165, 1.54) is 36.8 Å². The summed E-state index contributed by atoms with van der Waals surface area (Å²) in [4.78, 5) is 18.8. The molecule has 0 bridgehead atoms. The monoisotopic (exact) mass is 613 g/mol. The Morgan fingerprint density at radius 1 is 0.884 bits per heavy atom. The number of benzene rings is 2. The Balaban J connectivity index is 0.000000633. The maximum Gasteiger partial charge on any atom is 0.416 e. The fraction of sp³-hybridized carbons (Fsp3) is 0.606. The second kappa shape index (κ2) is 15.9. The number of nitrogens with zero attached hydrogens (tertiary/aromatic N) is 3. The Hall–Kier alpha value is -2.59. The maximum absolute atomic E-state index is 13.1. The first-order valence-electron chi connectivity index (χ1n) is 15.3. The van der Waals surface area contributed by atoms with Crippen molar-refractivity contribution in [2.24, 2.45) is 5.92 Å². The molecule has 0 aromatic heterocycles. The number of likely N-dealkylation sites (tertiary alicyclic amines) is 1. The van der Waals surface area contributed by atoms with E-state index in [1.807, 2.05) is 18.2 Å². The lowest BCUT2D eigenvalue weighted by Crippen LogP contribution is -2.49. The van der Waals surface area contributed by atoms with Crippen molar-refractivity contribution in [1.29, 1.82) is 0 Å². The maximum atomic E-state index is 13.1. The Bertz CT molecular complexity index is 1090. The van der Waals surface area contributed by atoms with Gasteiger partial charge in [-0.25, -0.2) is 0 Å². The second-order valence-electron chi connectivity index (χ2n) is 11.9. The summed E-state index contributed by atoms with van der Waals surface area (Å²) < 4.78 is 78.5. The molecule has 10 heteroatoms. The first-order chi connectivity index (χ1) is 20.3. The predicted molar refractivity (Wildman–Crippen MR) is 158 cm³/mol. The standard InChI is InChI=1S/C26H37F6N3O.C7H8/c1-3-10-35(17-19-5-4-6-19)23-8-12-34(13-9-23)18-24(36)33(2)11-7-20-14-21(25(27,28)29)16-22(15-20)26(30,31)32;1-7-5-3-2-4-6-7/h14-16,19,23H,3-13,17-18H2,1-2H3;2-6H,1H3. The summed E-state index contributed by atoms with van der Waals surface area (Å²) in [6, 6.07) is 12.4. The molecule has 0 radical (unpaired) electrons. The van der Waals surface area contributed by atoms with E-state index in [9.17, 15) is 31.1 Å². The molecule has 1 heterocycles. The Morgan fingerprint density at radius 2 is 1.47 bits per heavy atom. The van der Waals surface area contributed by atoms with Gasteiger partial charge in [0.25, 0.3) is 0 Å². The van der Waals surface area contributed by atoms with Gasteiger partial charge >= 0.3 is 12.4 Å². The van der Waals surface area contributed by atoms with Crippen LogP contribution in [0.4, 0.5) is 26.3 Å². The van der Waals surface area contributed by atoms with Crippen LogP contribution in [0.1, 0.15) is 67.7 Å². The first-order valence-corrected chi connectivity index (χ1v) is 15.3. The van der Waals surface area contributed by atoms with Crippen molar-refractivity contribution in [3.63, 3.8) is 0 Å². The van der Waals surface area contributed by atoms with Crippen LogP contribution in [0.3, 0.4) is 0 Å². The lowest BCUT2D eigenvalue weighted by molar-refractivity contribution is -0.143. The second-order valence-corrected chi connectivity index (χ2v) is 11.9. The van der Waals surface area contributed by atoms with E-state index in [-0.39, 0.29) is 37.0 Å². The van der Waals surface area contributed by atoms with E-state index in [4.69, 9.17) is 0 Å². The van der Waals surface area contributed by atoms with E-state index in [0.717, 1.165) is 63.5 Å². The van der Waals surface area contributed by atoms with E-state index in [0.29, 0.717) is 6.04 Å². The molecular formula is C33H45F6N3O. The summed E-state index contributed by atoms with van der Waals surface area (Å²) >= 11 is 0. The molecule has 0 unspecified atom stereocenters. The third-order valence-corrected chi connectivity index (χ3v) is 8.41. The summed E-state index contributed by atoms with van der Waals surface area (Å²) in [5.74, 6) is 0.630. The van der Waals surface area contributed by atoms with Crippen LogP contribution in [0.15, 0.2) is 48.5 Å². The fourth-order valence-electron chi connectivity index (χ4n) is 5.59. The molecule has 0 N–H and O–H groups in total. The highest BCUT2D eigenvalue weighted by Crippen LogP contribution is 2.36. The number of rotatable bonds is 10. The van der Waals surface area contributed by atoms with E-state index >= 15 is 0 Å². The predicted octanol–water partition coefficient (Wildman–Crippen LogP) is 7.70. The van der Waals surface area contributed by atoms with Crippen LogP contribution >= 0.6 is 0 Å². The third kappa shape index (κ3) is 11.4. The molecule has 0 atom stereocenters. The number of likely N-dealkylation sites (N-methyl/N-ethyl adjacent to an activating group) is 1. The highest BCUT2D eigenvalue weighted by molar-refractivity contribution is 5.78. The van der Waals surface area contributed by atoms with Crippen molar-refractivity contribution >= 4 is 5.91 Å². The first kappa shape index (κ1) is 34.9. The van der Waals surface area contributed by atoms with Gasteiger partial charge in [0.15, 0.2) is 0 Å². The minimum Gasteiger partial charge on any atom is -0.344 e. The minimum absolute atomic E-state index is 0.0412. The minimum atomic E-state index is -4.88. The summed E-state index contributed by atoms with van der Waals surface area (Å²) in [5.41, 5.74) is -1.44. The summed E-state index contributed by atoms with van der Waals surface area (Å²) in [5, 5.41) is 0. The van der Waals surface area contributed by atoms with Crippen LogP contribution in [0.5, 0.6) is 0 Å². The fourth-order valence-corrected chi connectivity index (χ4v) is 5.59. The molecule has 2 aliphatic rings. The van der Waals surface area contributed by atoms with E-state index in [1.54, 1.807) is 0 Å². The number of hydrogen-bond acceptors (Lipinski definition) is 3. The molecule has 4 rings (SSSR count). The number of piperidine rings is 1. The molecule has 1 amide bonds. The van der Waals surface area contributed by atoms with Gasteiger partial charge in [0, 0.05) is 39.3 Å². The summed E-state index contributed by atoms with van der Waals surface area (Å²) in [6.07, 6.45) is -2.78. The Labute approximate surface area is 252 Å². The zero-order valence-corrected chi connectivity index (χ0v) is 25.5. The quantitative estimate of drug-likeness (QED) is 0.257. The van der Waals surface area contributed by atoms with Crippen LogP contribution in [-0.2, 0) is 23.6 Å². The SMILES string of the molecule is CCCN(CC1CCC1)C1CCN(CC(=O)N(C)CCc2cc(C(F)(F)F)cc(C(F)(F)F)c2)CC1.Cc1ccccc1. The topological polar surface area (TPSA) is 26.8 Å². The molecule has 2 fully saturated rings. The van der Waals surface area contributed by atoms with Gasteiger partial charge in [-0.1, -0.05) is 49.2 Å². The molecule has 1 saturated carbocycles.